The van der Waals surface area contributed by atoms with Gasteiger partial charge in [0.25, 0.3) is 0 Å². The van der Waals surface area contributed by atoms with Gasteiger partial charge >= 0.3 is 29.6 Å². The number of quaternary nitrogens is 1. The molecule has 0 heterocycles. The largest absolute Gasteiger partial charge is 1.00 e. The number of hydrogen-bond acceptors (Lipinski definition) is 2. The fourth-order valence-corrected chi connectivity index (χ4v) is 3.46. The van der Waals surface area contributed by atoms with Crippen LogP contribution in [-0.4, -0.2) is 45.0 Å². The van der Waals surface area contributed by atoms with Crippen LogP contribution < -0.4 is 42.0 Å². The minimum Gasteiger partial charge on any atom is -1.00 e. The molecule has 0 fully saturated rings. The van der Waals surface area contributed by atoms with Gasteiger partial charge in [-0.25, -0.2) is 4.21 Å². The summed E-state index contributed by atoms with van der Waals surface area (Å²) < 4.78 is 25.3. The summed E-state index contributed by atoms with van der Waals surface area (Å²) in [4.78, 5) is 0. The maximum atomic E-state index is 8.56. The summed E-state index contributed by atoms with van der Waals surface area (Å²) in [5.74, 6) is 0. The van der Waals surface area contributed by atoms with Gasteiger partial charge in [-0.05, 0) is 25.7 Å². The SMILES string of the molecule is CCCCCCCCCC[N+](C)(C)CCCCCCCCCC.O=S([O-])O.[Cl-].[Na+]. The van der Waals surface area contributed by atoms with Crippen LogP contribution in [0, 0.1) is 0 Å². The van der Waals surface area contributed by atoms with Crippen molar-refractivity contribution in [2.45, 2.75) is 117 Å². The average Bonchev–Trinajstić information content (AvgIpc) is 2.59. The van der Waals surface area contributed by atoms with E-state index in [1.54, 1.807) is 0 Å². The predicted octanol–water partition coefficient (Wildman–Crippen LogP) is 0.691. The van der Waals surface area contributed by atoms with E-state index in [1.807, 2.05) is 0 Å². The Labute approximate surface area is 213 Å². The zero-order valence-corrected chi connectivity index (χ0v) is 23.8. The molecule has 0 amide bonds. The van der Waals surface area contributed by atoms with Crippen LogP contribution in [0.5, 0.6) is 0 Å². The molecule has 174 valence electrons. The molecule has 0 aromatic heterocycles. The summed E-state index contributed by atoms with van der Waals surface area (Å²) in [5.41, 5.74) is 0. The van der Waals surface area contributed by atoms with Crippen molar-refractivity contribution in [1.82, 2.24) is 0 Å². The molecule has 0 aromatic rings. The van der Waals surface area contributed by atoms with Crippen LogP contribution in [0.1, 0.15) is 117 Å². The van der Waals surface area contributed by atoms with Crippen LogP contribution in [0.4, 0.5) is 0 Å². The molecule has 0 spiro atoms. The molecular formula is C22H49ClNNaO3S. The average molecular weight is 466 g/mol. The molecule has 0 bridgehead atoms. The fraction of sp³-hybridized carbons (Fsp3) is 1.00. The molecule has 4 nitrogen and oxygen atoms in total. The third-order valence-electron chi connectivity index (χ3n) is 5.23. The van der Waals surface area contributed by atoms with Crippen LogP contribution in [0.3, 0.4) is 0 Å². The smallest absolute Gasteiger partial charge is 1.00 e. The summed E-state index contributed by atoms with van der Waals surface area (Å²) in [5, 5.41) is 0. The molecule has 0 rings (SSSR count). The standard InChI is InChI=1S/C22H48N.ClH.Na.H2O3S/c1-5-7-9-11-13-15-17-19-21-23(3,4)22-20-18-16-14-12-10-8-6-2;;;1-4(2)3/h5-22H2,1-4H3;1H;;(H2,1,2,3)/q+1;;+1;/p-2. The molecule has 1 unspecified atom stereocenters. The molecule has 0 radical (unpaired) electrons. The molecule has 7 heteroatoms. The first kappa shape index (κ1) is 37.6. The number of unbranched alkanes of at least 4 members (excludes halogenated alkanes) is 14. The van der Waals surface area contributed by atoms with E-state index >= 15 is 0 Å². The first-order chi connectivity index (χ1) is 12.9. The number of hydrogen-bond donors (Lipinski definition) is 1. The molecule has 0 aliphatic heterocycles. The van der Waals surface area contributed by atoms with Gasteiger partial charge in [0, 0.05) is 0 Å². The fourth-order valence-electron chi connectivity index (χ4n) is 3.46. The Morgan fingerprint density at radius 1 is 0.655 bits per heavy atom. The molecule has 0 aliphatic rings. The monoisotopic (exact) mass is 465 g/mol. The number of halogens is 1. The van der Waals surface area contributed by atoms with Gasteiger partial charge in [-0.1, -0.05) is 90.9 Å². The minimum atomic E-state index is -2.86. The molecule has 1 N–H and O–H groups in total. The van der Waals surface area contributed by atoms with Crippen LogP contribution in [0.2, 0.25) is 0 Å². The first-order valence-electron chi connectivity index (χ1n) is 11.5. The van der Waals surface area contributed by atoms with E-state index in [-0.39, 0.29) is 42.0 Å². The van der Waals surface area contributed by atoms with Crippen molar-refractivity contribution in [1.29, 1.82) is 0 Å². The Balaban J connectivity index is -0.000000473. The van der Waals surface area contributed by atoms with Gasteiger partial charge < -0.3 is 26.0 Å². The van der Waals surface area contributed by atoms with Crippen molar-refractivity contribution < 1.29 is 59.8 Å². The van der Waals surface area contributed by atoms with Crippen molar-refractivity contribution in [3.63, 3.8) is 0 Å². The molecule has 0 saturated carbocycles. The molecule has 0 saturated heterocycles. The Hall–Kier alpha value is 1.32. The van der Waals surface area contributed by atoms with Crippen molar-refractivity contribution in [2.24, 2.45) is 0 Å². The van der Waals surface area contributed by atoms with Gasteiger partial charge in [0.2, 0.25) is 0 Å². The molecule has 0 aromatic carbocycles. The normalized spacial score (nSPS) is 11.7. The molecule has 1 atom stereocenters. The van der Waals surface area contributed by atoms with E-state index in [2.05, 4.69) is 27.9 Å². The van der Waals surface area contributed by atoms with Gasteiger partial charge in [-0.2, -0.15) is 0 Å². The van der Waals surface area contributed by atoms with Crippen molar-refractivity contribution in [3.8, 4) is 0 Å². The van der Waals surface area contributed by atoms with Gasteiger partial charge in [0.15, 0.2) is 0 Å². The van der Waals surface area contributed by atoms with Gasteiger partial charge in [-0.3, -0.25) is 0 Å². The quantitative estimate of drug-likeness (QED) is 0.140. The second-order valence-corrected chi connectivity index (χ2v) is 8.98. The third kappa shape index (κ3) is 40.2. The van der Waals surface area contributed by atoms with Crippen LogP contribution in [-0.2, 0) is 11.4 Å². The Morgan fingerprint density at radius 3 is 1.10 bits per heavy atom. The van der Waals surface area contributed by atoms with Crippen molar-refractivity contribution >= 4 is 11.4 Å². The maximum Gasteiger partial charge on any atom is 1.00 e. The predicted molar refractivity (Wildman–Crippen MR) is 119 cm³/mol. The van der Waals surface area contributed by atoms with E-state index in [4.69, 9.17) is 13.3 Å². The summed E-state index contributed by atoms with van der Waals surface area (Å²) in [6, 6.07) is 0. The third-order valence-corrected chi connectivity index (χ3v) is 5.23. The van der Waals surface area contributed by atoms with Gasteiger partial charge in [-0.15, -0.1) is 0 Å². The second kappa shape index (κ2) is 29.3. The Morgan fingerprint density at radius 2 is 0.862 bits per heavy atom. The van der Waals surface area contributed by atoms with Crippen molar-refractivity contribution in [3.05, 3.63) is 0 Å². The van der Waals surface area contributed by atoms with Gasteiger partial charge in [0.1, 0.15) is 0 Å². The van der Waals surface area contributed by atoms with E-state index in [1.165, 1.54) is 120 Å². The second-order valence-electron chi connectivity index (χ2n) is 8.55. The Bertz CT molecular complexity index is 298. The summed E-state index contributed by atoms with van der Waals surface area (Å²) in [6.07, 6.45) is 23.0. The van der Waals surface area contributed by atoms with E-state index in [9.17, 15) is 0 Å². The van der Waals surface area contributed by atoms with Crippen molar-refractivity contribution in [2.75, 3.05) is 27.2 Å². The van der Waals surface area contributed by atoms with Gasteiger partial charge in [0.05, 0.1) is 38.5 Å². The molecule has 0 aliphatic carbocycles. The van der Waals surface area contributed by atoms with E-state index in [0.29, 0.717) is 0 Å². The molecular weight excluding hydrogens is 417 g/mol. The maximum absolute atomic E-state index is 8.56. The Kier molecular flexibility index (Phi) is 38.0. The van der Waals surface area contributed by atoms with E-state index < -0.39 is 11.4 Å². The number of rotatable bonds is 18. The van der Waals surface area contributed by atoms with Crippen LogP contribution in [0.15, 0.2) is 0 Å². The molecule has 29 heavy (non-hydrogen) atoms. The minimum absolute atomic E-state index is 0. The van der Waals surface area contributed by atoms with Crippen LogP contribution in [0.25, 0.3) is 0 Å². The zero-order chi connectivity index (χ0) is 20.8. The van der Waals surface area contributed by atoms with E-state index in [0.717, 1.165) is 0 Å². The number of nitrogens with zero attached hydrogens (tertiary/aromatic N) is 1. The summed E-state index contributed by atoms with van der Waals surface area (Å²) in [6.45, 7) is 7.36. The summed E-state index contributed by atoms with van der Waals surface area (Å²) in [7, 11) is 4.87. The zero-order valence-electron chi connectivity index (χ0n) is 20.2. The summed E-state index contributed by atoms with van der Waals surface area (Å²) >= 11 is -2.86. The van der Waals surface area contributed by atoms with Crippen LogP contribution >= 0.6 is 0 Å². The topological polar surface area (TPSA) is 60.4 Å². The first-order valence-corrected chi connectivity index (χ1v) is 12.5.